The molecule has 1 fully saturated rings. The Morgan fingerprint density at radius 1 is 1.15 bits per heavy atom. The number of hydrogen-bond donors (Lipinski definition) is 1. The monoisotopic (exact) mass is 350 g/mol. The minimum atomic E-state index is -0.955. The fraction of sp³-hybridized carbons (Fsp3) is 0.238. The number of halogens is 1. The molecule has 1 aromatic heterocycles. The fourth-order valence-corrected chi connectivity index (χ4v) is 3.36. The zero-order chi connectivity index (χ0) is 18.3. The second-order valence-electron chi connectivity index (χ2n) is 6.77. The van der Waals surface area contributed by atoms with Gasteiger partial charge in [0.1, 0.15) is 5.82 Å². The maximum Gasteiger partial charge on any atom is 0.335 e. The van der Waals surface area contributed by atoms with E-state index in [1.54, 1.807) is 30.3 Å². The van der Waals surface area contributed by atoms with E-state index in [1.165, 1.54) is 18.6 Å². The van der Waals surface area contributed by atoms with Crippen LogP contribution in [-0.2, 0) is 0 Å². The van der Waals surface area contributed by atoms with Crippen LogP contribution < -0.4 is 4.90 Å². The van der Waals surface area contributed by atoms with Gasteiger partial charge in [-0.05, 0) is 67.8 Å². The first-order chi connectivity index (χ1) is 12.5. The topological polar surface area (TPSA) is 53.4 Å². The van der Waals surface area contributed by atoms with E-state index in [-0.39, 0.29) is 11.4 Å². The number of rotatable bonds is 4. The minimum absolute atomic E-state index is 0.242. The Balaban J connectivity index is 1.90. The molecule has 0 amide bonds. The summed E-state index contributed by atoms with van der Waals surface area (Å²) in [4.78, 5) is 18.3. The van der Waals surface area contributed by atoms with Gasteiger partial charge in [0.05, 0.1) is 22.5 Å². The number of carboxylic acids is 1. The molecular formula is C21H19FN2O2. The molecule has 4 nitrogen and oxygen atoms in total. The molecule has 0 bridgehead atoms. The average molecular weight is 350 g/mol. The van der Waals surface area contributed by atoms with Crippen molar-refractivity contribution in [1.29, 1.82) is 0 Å². The molecule has 1 aliphatic carbocycles. The number of fused-ring (bicyclic) bond motifs is 1. The number of carbonyl (C=O) groups is 1. The van der Waals surface area contributed by atoms with Crippen LogP contribution in [-0.4, -0.2) is 29.1 Å². The average Bonchev–Trinajstić information content (AvgIpc) is 2.59. The molecule has 0 aliphatic heterocycles. The molecule has 0 unspecified atom stereocenters. The Morgan fingerprint density at radius 3 is 2.50 bits per heavy atom. The predicted molar refractivity (Wildman–Crippen MR) is 100 cm³/mol. The van der Waals surface area contributed by atoms with Gasteiger partial charge in [0, 0.05) is 24.0 Å². The molecule has 1 aliphatic rings. The zero-order valence-electron chi connectivity index (χ0n) is 14.4. The molecule has 5 heteroatoms. The summed E-state index contributed by atoms with van der Waals surface area (Å²) >= 11 is 0. The first kappa shape index (κ1) is 16.5. The van der Waals surface area contributed by atoms with Crippen molar-refractivity contribution >= 4 is 22.6 Å². The number of benzene rings is 2. The second kappa shape index (κ2) is 6.41. The number of nitrogens with zero attached hydrogens (tertiary/aromatic N) is 2. The summed E-state index contributed by atoms with van der Waals surface area (Å²) in [6.07, 6.45) is 3.48. The number of aromatic nitrogens is 1. The van der Waals surface area contributed by atoms with Crippen molar-refractivity contribution in [3.8, 4) is 11.3 Å². The summed E-state index contributed by atoms with van der Waals surface area (Å²) < 4.78 is 13.3. The van der Waals surface area contributed by atoms with E-state index in [0.717, 1.165) is 40.7 Å². The second-order valence-corrected chi connectivity index (χ2v) is 6.77. The summed E-state index contributed by atoms with van der Waals surface area (Å²) in [6, 6.07) is 13.7. The first-order valence-electron chi connectivity index (χ1n) is 8.70. The molecule has 4 rings (SSSR count). The first-order valence-corrected chi connectivity index (χ1v) is 8.70. The third kappa shape index (κ3) is 2.90. The van der Waals surface area contributed by atoms with E-state index in [1.807, 2.05) is 13.1 Å². The third-order valence-corrected chi connectivity index (χ3v) is 5.16. The molecular weight excluding hydrogens is 331 g/mol. The van der Waals surface area contributed by atoms with Crippen molar-refractivity contribution in [1.82, 2.24) is 4.98 Å². The quantitative estimate of drug-likeness (QED) is 0.739. The standard InChI is InChI=1S/C21H19FN2O2/c1-24(17-3-2-4-17)19-12-15-11-14(21(25)26)7-10-18(15)23-20(19)13-5-8-16(22)9-6-13/h5-12,17H,2-4H2,1H3,(H,25,26). The van der Waals surface area contributed by atoms with Gasteiger partial charge in [-0.1, -0.05) is 0 Å². The van der Waals surface area contributed by atoms with Crippen molar-refractivity contribution in [3.63, 3.8) is 0 Å². The van der Waals surface area contributed by atoms with Crippen molar-refractivity contribution in [2.24, 2.45) is 0 Å². The number of pyridine rings is 1. The highest BCUT2D eigenvalue weighted by Gasteiger charge is 2.25. The van der Waals surface area contributed by atoms with E-state index in [0.29, 0.717) is 6.04 Å². The summed E-state index contributed by atoms with van der Waals surface area (Å²) in [5.41, 5.74) is 3.54. The van der Waals surface area contributed by atoms with Crippen molar-refractivity contribution < 1.29 is 14.3 Å². The lowest BCUT2D eigenvalue weighted by atomic mass is 9.91. The van der Waals surface area contributed by atoms with Crippen LogP contribution in [0, 0.1) is 5.82 Å². The van der Waals surface area contributed by atoms with Gasteiger partial charge < -0.3 is 10.0 Å². The Labute approximate surface area is 150 Å². The lowest BCUT2D eigenvalue weighted by Crippen LogP contribution is -2.37. The van der Waals surface area contributed by atoms with Crippen LogP contribution in [0.3, 0.4) is 0 Å². The van der Waals surface area contributed by atoms with Crippen molar-refractivity contribution in [2.75, 3.05) is 11.9 Å². The van der Waals surface area contributed by atoms with E-state index in [2.05, 4.69) is 4.90 Å². The van der Waals surface area contributed by atoms with Crippen LogP contribution in [0.5, 0.6) is 0 Å². The zero-order valence-corrected chi connectivity index (χ0v) is 14.4. The highest BCUT2D eigenvalue weighted by molar-refractivity contribution is 5.96. The lowest BCUT2D eigenvalue weighted by Gasteiger charge is -2.37. The molecule has 26 heavy (non-hydrogen) atoms. The highest BCUT2D eigenvalue weighted by atomic mass is 19.1. The smallest absolute Gasteiger partial charge is 0.335 e. The number of anilines is 1. The Morgan fingerprint density at radius 2 is 1.88 bits per heavy atom. The number of carboxylic acid groups (broad SMARTS) is 1. The van der Waals surface area contributed by atoms with E-state index < -0.39 is 5.97 Å². The van der Waals surface area contributed by atoms with Crippen LogP contribution in [0.2, 0.25) is 0 Å². The van der Waals surface area contributed by atoms with Crippen LogP contribution in [0.15, 0.2) is 48.5 Å². The largest absolute Gasteiger partial charge is 0.478 e. The molecule has 0 radical (unpaired) electrons. The van der Waals surface area contributed by atoms with Gasteiger partial charge in [-0.3, -0.25) is 0 Å². The molecule has 1 heterocycles. The highest BCUT2D eigenvalue weighted by Crippen LogP contribution is 2.36. The maximum absolute atomic E-state index is 13.3. The Kier molecular flexibility index (Phi) is 4.07. The van der Waals surface area contributed by atoms with Crippen molar-refractivity contribution in [3.05, 3.63) is 59.9 Å². The SMILES string of the molecule is CN(c1cc2cc(C(=O)O)ccc2nc1-c1ccc(F)cc1)C1CCC1. The fourth-order valence-electron chi connectivity index (χ4n) is 3.36. The molecule has 0 spiro atoms. The van der Waals surface area contributed by atoms with Gasteiger partial charge in [-0.25, -0.2) is 14.2 Å². The van der Waals surface area contributed by atoms with Gasteiger partial charge in [0.2, 0.25) is 0 Å². The predicted octanol–water partition coefficient (Wildman–Crippen LogP) is 4.73. The molecule has 1 saturated carbocycles. The van der Waals surface area contributed by atoms with Crippen molar-refractivity contribution in [2.45, 2.75) is 25.3 Å². The van der Waals surface area contributed by atoms with Gasteiger partial charge in [-0.15, -0.1) is 0 Å². The van der Waals surface area contributed by atoms with Crippen LogP contribution in [0.1, 0.15) is 29.6 Å². The summed E-state index contributed by atoms with van der Waals surface area (Å²) in [5.74, 6) is -1.24. The molecule has 0 saturated heterocycles. The Bertz CT molecular complexity index is 981. The summed E-state index contributed by atoms with van der Waals surface area (Å²) in [5, 5.41) is 10.0. The molecule has 2 aromatic carbocycles. The van der Waals surface area contributed by atoms with Crippen LogP contribution in [0.4, 0.5) is 10.1 Å². The van der Waals surface area contributed by atoms with Gasteiger partial charge in [0.25, 0.3) is 0 Å². The van der Waals surface area contributed by atoms with Gasteiger partial charge in [0.15, 0.2) is 0 Å². The van der Waals surface area contributed by atoms with Gasteiger partial charge in [-0.2, -0.15) is 0 Å². The van der Waals surface area contributed by atoms with E-state index in [4.69, 9.17) is 4.98 Å². The third-order valence-electron chi connectivity index (χ3n) is 5.16. The van der Waals surface area contributed by atoms with E-state index >= 15 is 0 Å². The molecule has 1 N–H and O–H groups in total. The minimum Gasteiger partial charge on any atom is -0.478 e. The van der Waals surface area contributed by atoms with E-state index in [9.17, 15) is 14.3 Å². The number of aromatic carboxylic acids is 1. The molecule has 132 valence electrons. The maximum atomic E-state index is 13.3. The van der Waals surface area contributed by atoms with Gasteiger partial charge >= 0.3 is 5.97 Å². The summed E-state index contributed by atoms with van der Waals surface area (Å²) in [7, 11) is 2.04. The number of hydrogen-bond acceptors (Lipinski definition) is 3. The molecule has 0 atom stereocenters. The summed E-state index contributed by atoms with van der Waals surface area (Å²) in [6.45, 7) is 0. The Hall–Kier alpha value is -2.95. The normalized spacial score (nSPS) is 14.2. The molecule has 3 aromatic rings. The van der Waals surface area contributed by atoms with Crippen LogP contribution in [0.25, 0.3) is 22.2 Å². The van der Waals surface area contributed by atoms with Crippen LogP contribution >= 0.6 is 0 Å². The lowest BCUT2D eigenvalue weighted by molar-refractivity contribution is 0.0697.